The molecule has 1 fully saturated rings. The molecule has 0 aliphatic carbocycles. The molecule has 3 aromatic rings. The number of H-pyrrole nitrogens is 1. The molecular formula is C23H22FN5. The van der Waals surface area contributed by atoms with Gasteiger partial charge in [-0.15, -0.1) is 0 Å². The molecule has 0 amide bonds. The highest BCUT2D eigenvalue weighted by Gasteiger charge is 2.21. The summed E-state index contributed by atoms with van der Waals surface area (Å²) in [6.07, 6.45) is 7.37. The van der Waals surface area contributed by atoms with E-state index in [2.05, 4.69) is 20.9 Å². The lowest BCUT2D eigenvalue weighted by molar-refractivity contribution is 0.499. The number of aromatic nitrogens is 2. The first kappa shape index (κ1) is 18.9. The summed E-state index contributed by atoms with van der Waals surface area (Å²) in [5.74, 6) is 0.600. The topological polar surface area (TPSA) is 81.7 Å². The Morgan fingerprint density at radius 3 is 2.62 bits per heavy atom. The number of pyridine rings is 1. The summed E-state index contributed by atoms with van der Waals surface area (Å²) < 4.78 is 13.0. The summed E-state index contributed by atoms with van der Waals surface area (Å²) in [7, 11) is 0. The SMILES string of the molecule is N#Cc1cc(-c2ccnc(C=Cc3ccc(F)cc3)c2)[nH]c1N1CCC(N)CC1. The second-order valence-electron chi connectivity index (χ2n) is 7.24. The van der Waals surface area contributed by atoms with E-state index in [1.54, 1.807) is 18.3 Å². The van der Waals surface area contributed by atoms with Crippen LogP contribution in [0.1, 0.15) is 29.7 Å². The van der Waals surface area contributed by atoms with Gasteiger partial charge in [-0.1, -0.05) is 18.2 Å². The van der Waals surface area contributed by atoms with Crippen molar-refractivity contribution in [3.8, 4) is 17.3 Å². The molecular weight excluding hydrogens is 365 g/mol. The molecule has 0 spiro atoms. The highest BCUT2D eigenvalue weighted by atomic mass is 19.1. The maximum absolute atomic E-state index is 13.0. The van der Waals surface area contributed by atoms with E-state index in [0.29, 0.717) is 5.56 Å². The number of nitrogens with zero attached hydrogens (tertiary/aromatic N) is 3. The smallest absolute Gasteiger partial charge is 0.124 e. The molecule has 3 heterocycles. The van der Waals surface area contributed by atoms with Crippen LogP contribution in [-0.2, 0) is 0 Å². The third-order valence-electron chi connectivity index (χ3n) is 5.18. The monoisotopic (exact) mass is 387 g/mol. The van der Waals surface area contributed by atoms with Crippen molar-refractivity contribution in [1.29, 1.82) is 5.26 Å². The molecule has 2 aromatic heterocycles. The Morgan fingerprint density at radius 2 is 1.90 bits per heavy atom. The number of nitriles is 1. The molecule has 3 N–H and O–H groups in total. The van der Waals surface area contributed by atoms with Crippen molar-refractivity contribution in [2.75, 3.05) is 18.0 Å². The Morgan fingerprint density at radius 1 is 1.14 bits per heavy atom. The second-order valence-corrected chi connectivity index (χ2v) is 7.24. The minimum atomic E-state index is -0.256. The summed E-state index contributed by atoms with van der Waals surface area (Å²) in [5.41, 5.74) is 10.2. The predicted molar refractivity (Wildman–Crippen MR) is 113 cm³/mol. The van der Waals surface area contributed by atoms with Crippen molar-refractivity contribution in [3.05, 3.63) is 71.3 Å². The Kier molecular flexibility index (Phi) is 5.41. The van der Waals surface area contributed by atoms with E-state index < -0.39 is 0 Å². The van der Waals surface area contributed by atoms with Crippen LogP contribution in [0, 0.1) is 17.1 Å². The number of halogens is 1. The summed E-state index contributed by atoms with van der Waals surface area (Å²) in [4.78, 5) is 9.99. The molecule has 0 unspecified atom stereocenters. The van der Waals surface area contributed by atoms with Crippen LogP contribution in [0.4, 0.5) is 10.2 Å². The van der Waals surface area contributed by atoms with E-state index in [1.165, 1.54) is 12.1 Å². The molecule has 146 valence electrons. The first-order chi connectivity index (χ1) is 14.1. The van der Waals surface area contributed by atoms with Gasteiger partial charge in [-0.05, 0) is 54.8 Å². The maximum atomic E-state index is 13.0. The van der Waals surface area contributed by atoms with Gasteiger partial charge < -0.3 is 15.6 Å². The van der Waals surface area contributed by atoms with Gasteiger partial charge in [0.2, 0.25) is 0 Å². The number of hydrogen-bond donors (Lipinski definition) is 2. The van der Waals surface area contributed by atoms with Crippen molar-refractivity contribution in [3.63, 3.8) is 0 Å². The second kappa shape index (κ2) is 8.29. The van der Waals surface area contributed by atoms with Gasteiger partial charge >= 0.3 is 0 Å². The number of aromatic amines is 1. The van der Waals surface area contributed by atoms with E-state index in [0.717, 1.165) is 54.3 Å². The lowest BCUT2D eigenvalue weighted by atomic mass is 10.1. The van der Waals surface area contributed by atoms with Gasteiger partial charge in [0.25, 0.3) is 0 Å². The van der Waals surface area contributed by atoms with Gasteiger partial charge in [-0.2, -0.15) is 5.26 Å². The average Bonchev–Trinajstić information content (AvgIpc) is 3.19. The molecule has 0 saturated carbocycles. The normalized spacial score (nSPS) is 15.0. The Balaban J connectivity index is 1.58. The van der Waals surface area contributed by atoms with Gasteiger partial charge in [0.1, 0.15) is 17.7 Å². The molecule has 0 bridgehead atoms. The van der Waals surface area contributed by atoms with Crippen molar-refractivity contribution in [2.45, 2.75) is 18.9 Å². The Bertz CT molecular complexity index is 1050. The summed E-state index contributed by atoms with van der Waals surface area (Å²) in [5, 5.41) is 9.57. The Labute approximate surface area is 169 Å². The zero-order valence-electron chi connectivity index (χ0n) is 16.0. The molecule has 4 rings (SSSR count). The number of rotatable bonds is 4. The van der Waals surface area contributed by atoms with Crippen LogP contribution in [0.15, 0.2) is 48.7 Å². The summed E-state index contributed by atoms with van der Waals surface area (Å²) in [6, 6.07) is 14.6. The molecule has 29 heavy (non-hydrogen) atoms. The van der Waals surface area contributed by atoms with E-state index in [1.807, 2.05) is 30.4 Å². The zero-order valence-corrected chi connectivity index (χ0v) is 16.0. The highest BCUT2D eigenvalue weighted by molar-refractivity contribution is 5.73. The van der Waals surface area contributed by atoms with E-state index in [4.69, 9.17) is 5.73 Å². The number of piperidine rings is 1. The van der Waals surface area contributed by atoms with Crippen molar-refractivity contribution in [2.24, 2.45) is 5.73 Å². The molecule has 1 saturated heterocycles. The molecule has 0 radical (unpaired) electrons. The minimum Gasteiger partial charge on any atom is -0.357 e. The molecule has 1 aromatic carbocycles. The molecule has 1 aliphatic rings. The molecule has 1 aliphatic heterocycles. The van der Waals surface area contributed by atoms with Crippen LogP contribution in [0.25, 0.3) is 23.4 Å². The molecule has 6 heteroatoms. The van der Waals surface area contributed by atoms with Gasteiger partial charge in [0.05, 0.1) is 11.3 Å². The Hall–Kier alpha value is -3.43. The molecule has 5 nitrogen and oxygen atoms in total. The number of anilines is 1. The fraction of sp³-hybridized carbons (Fsp3) is 0.217. The largest absolute Gasteiger partial charge is 0.357 e. The third-order valence-corrected chi connectivity index (χ3v) is 5.18. The predicted octanol–water partition coefficient (Wildman–Crippen LogP) is 4.19. The standard InChI is InChI=1S/C23H22FN5/c24-19-4-1-16(2-5-19)3-6-21-13-17(7-10-27-21)22-14-18(15-25)23(28-22)29-11-8-20(26)9-12-29/h1-7,10,13-14,20,28H,8-9,11-12,26H2. The van der Waals surface area contributed by atoms with Crippen LogP contribution in [-0.4, -0.2) is 29.1 Å². The van der Waals surface area contributed by atoms with Crippen LogP contribution in [0.2, 0.25) is 0 Å². The van der Waals surface area contributed by atoms with Crippen molar-refractivity contribution < 1.29 is 4.39 Å². The first-order valence-electron chi connectivity index (χ1n) is 9.66. The number of nitrogens with two attached hydrogens (primary N) is 1. The lowest BCUT2D eigenvalue weighted by Gasteiger charge is -2.31. The lowest BCUT2D eigenvalue weighted by Crippen LogP contribution is -2.40. The fourth-order valence-corrected chi connectivity index (χ4v) is 3.52. The van der Waals surface area contributed by atoms with E-state index in [-0.39, 0.29) is 11.9 Å². The highest BCUT2D eigenvalue weighted by Crippen LogP contribution is 2.29. The first-order valence-corrected chi connectivity index (χ1v) is 9.66. The number of nitrogens with one attached hydrogen (secondary N) is 1. The van der Waals surface area contributed by atoms with Crippen LogP contribution in [0.3, 0.4) is 0 Å². The maximum Gasteiger partial charge on any atom is 0.124 e. The van der Waals surface area contributed by atoms with E-state index in [9.17, 15) is 9.65 Å². The zero-order chi connectivity index (χ0) is 20.2. The summed E-state index contributed by atoms with van der Waals surface area (Å²) >= 11 is 0. The number of hydrogen-bond acceptors (Lipinski definition) is 4. The fourth-order valence-electron chi connectivity index (χ4n) is 3.52. The van der Waals surface area contributed by atoms with Crippen LogP contribution < -0.4 is 10.6 Å². The molecule has 0 atom stereocenters. The van der Waals surface area contributed by atoms with Crippen molar-refractivity contribution >= 4 is 18.0 Å². The third kappa shape index (κ3) is 4.36. The van der Waals surface area contributed by atoms with Gasteiger partial charge in [-0.25, -0.2) is 4.39 Å². The van der Waals surface area contributed by atoms with Gasteiger partial charge in [-0.3, -0.25) is 4.98 Å². The van der Waals surface area contributed by atoms with Crippen LogP contribution >= 0.6 is 0 Å². The minimum absolute atomic E-state index is 0.238. The summed E-state index contributed by atoms with van der Waals surface area (Å²) in [6.45, 7) is 1.69. The van der Waals surface area contributed by atoms with Crippen molar-refractivity contribution in [1.82, 2.24) is 9.97 Å². The van der Waals surface area contributed by atoms with Gasteiger partial charge in [0.15, 0.2) is 0 Å². The number of benzene rings is 1. The quantitative estimate of drug-likeness (QED) is 0.703. The average molecular weight is 387 g/mol. The van der Waals surface area contributed by atoms with Crippen LogP contribution in [0.5, 0.6) is 0 Å². The van der Waals surface area contributed by atoms with Gasteiger partial charge in [0, 0.05) is 36.6 Å². The van der Waals surface area contributed by atoms with E-state index >= 15 is 0 Å².